The Balaban J connectivity index is 1.75. The molecule has 3 rings (SSSR count). The summed E-state index contributed by atoms with van der Waals surface area (Å²) < 4.78 is 0. The van der Waals surface area contributed by atoms with E-state index >= 15 is 0 Å². The zero-order chi connectivity index (χ0) is 30.5. The van der Waals surface area contributed by atoms with Crippen LogP contribution in [-0.4, -0.2) is 120 Å². The second-order valence-electron chi connectivity index (χ2n) is 14.8. The van der Waals surface area contributed by atoms with Crippen molar-refractivity contribution in [3.63, 3.8) is 0 Å². The summed E-state index contributed by atoms with van der Waals surface area (Å²) in [7, 11) is 0. The molecular weight excluding hydrogens is 520 g/mol. The molecular formula is C34H68N8. The number of hydrogen-bond donors (Lipinski definition) is 0. The molecule has 0 N–H and O–H groups in total. The second-order valence-corrected chi connectivity index (χ2v) is 14.8. The molecule has 0 amide bonds. The lowest BCUT2D eigenvalue weighted by Gasteiger charge is -2.38. The minimum Gasteiger partial charge on any atom is -0.341 e. The summed E-state index contributed by atoms with van der Waals surface area (Å²) in [6.07, 6.45) is 9.96. The van der Waals surface area contributed by atoms with Gasteiger partial charge in [0.2, 0.25) is 11.9 Å². The highest BCUT2D eigenvalue weighted by atomic mass is 15.6. The van der Waals surface area contributed by atoms with Gasteiger partial charge in [0.15, 0.2) is 0 Å². The van der Waals surface area contributed by atoms with Crippen LogP contribution in [0.2, 0.25) is 0 Å². The Bertz CT molecular complexity index is 685. The summed E-state index contributed by atoms with van der Waals surface area (Å²) in [6, 6.07) is 0. The van der Waals surface area contributed by atoms with Gasteiger partial charge in [-0.3, -0.25) is 10.0 Å². The lowest BCUT2D eigenvalue weighted by atomic mass is 10.1. The maximum absolute atomic E-state index is 5.40. The van der Waals surface area contributed by atoms with Crippen LogP contribution in [0.5, 0.6) is 0 Å². The SMILES string of the molecule is CC(C)CCN1CCCCN(CCC(C)C)C1=NN1CCN(N=C2N(CCC(C)C)CCCCN2CCC(C)C)CC1. The van der Waals surface area contributed by atoms with Crippen LogP contribution >= 0.6 is 0 Å². The van der Waals surface area contributed by atoms with Crippen LogP contribution in [0, 0.1) is 23.7 Å². The number of hydrogen-bond acceptors (Lipinski definition) is 4. The van der Waals surface area contributed by atoms with Gasteiger partial charge in [-0.05, 0) is 75.0 Å². The second kappa shape index (κ2) is 18.1. The van der Waals surface area contributed by atoms with Crippen molar-refractivity contribution in [1.82, 2.24) is 29.6 Å². The first-order chi connectivity index (χ1) is 20.1. The molecule has 8 heteroatoms. The van der Waals surface area contributed by atoms with Crippen LogP contribution in [0.3, 0.4) is 0 Å². The molecule has 0 aromatic rings. The van der Waals surface area contributed by atoms with Gasteiger partial charge in [-0.15, -0.1) is 10.2 Å². The smallest absolute Gasteiger partial charge is 0.219 e. The third-order valence-electron chi connectivity index (χ3n) is 8.94. The van der Waals surface area contributed by atoms with Gasteiger partial charge in [-0.1, -0.05) is 55.4 Å². The summed E-state index contributed by atoms with van der Waals surface area (Å²) in [5, 5.41) is 15.5. The van der Waals surface area contributed by atoms with Gasteiger partial charge in [-0.2, -0.15) is 0 Å². The molecule has 0 aromatic heterocycles. The molecule has 0 radical (unpaired) electrons. The number of nitrogens with zero attached hydrogens (tertiary/aromatic N) is 8. The monoisotopic (exact) mass is 589 g/mol. The van der Waals surface area contributed by atoms with E-state index in [-0.39, 0.29) is 0 Å². The summed E-state index contributed by atoms with van der Waals surface area (Å²) in [5.41, 5.74) is 0. The van der Waals surface area contributed by atoms with Gasteiger partial charge in [0.05, 0.1) is 26.2 Å². The summed E-state index contributed by atoms with van der Waals surface area (Å²) >= 11 is 0. The van der Waals surface area contributed by atoms with Crippen LogP contribution in [0.15, 0.2) is 10.2 Å². The highest BCUT2D eigenvalue weighted by Gasteiger charge is 2.27. The Morgan fingerprint density at radius 3 is 0.857 bits per heavy atom. The van der Waals surface area contributed by atoms with Gasteiger partial charge in [0.1, 0.15) is 0 Å². The maximum Gasteiger partial charge on any atom is 0.219 e. The first-order valence-corrected chi connectivity index (χ1v) is 17.8. The Morgan fingerprint density at radius 2 is 0.643 bits per heavy atom. The molecule has 0 aromatic carbocycles. The van der Waals surface area contributed by atoms with Crippen LogP contribution in [0.4, 0.5) is 0 Å². The van der Waals surface area contributed by atoms with Crippen LogP contribution in [-0.2, 0) is 0 Å². The van der Waals surface area contributed by atoms with E-state index in [1.54, 1.807) is 0 Å². The first kappa shape index (κ1) is 34.6. The molecule has 0 unspecified atom stereocenters. The van der Waals surface area contributed by atoms with Gasteiger partial charge in [0.25, 0.3) is 0 Å². The predicted octanol–water partition coefficient (Wildman–Crippen LogP) is 6.13. The topological polar surface area (TPSA) is 44.2 Å². The standard InChI is InChI=1S/C34H68N8/c1-29(2)13-21-37-17-9-10-18-38(22-14-30(3)4)33(37)35-41-25-27-42(28-26-41)36-34-39(23-15-31(5)6)19-11-12-20-40(34)24-16-32(7)8/h29-32H,9-28H2,1-8H3. The lowest BCUT2D eigenvalue weighted by Crippen LogP contribution is -2.50. The molecule has 0 spiro atoms. The van der Waals surface area contributed by atoms with Crippen molar-refractivity contribution in [2.45, 2.75) is 107 Å². The van der Waals surface area contributed by atoms with E-state index in [1.807, 2.05) is 0 Å². The molecule has 0 aliphatic carbocycles. The molecule has 8 nitrogen and oxygen atoms in total. The predicted molar refractivity (Wildman–Crippen MR) is 181 cm³/mol. The molecule has 3 heterocycles. The Kier molecular flexibility index (Phi) is 14.9. The zero-order valence-corrected chi connectivity index (χ0v) is 29.0. The molecule has 42 heavy (non-hydrogen) atoms. The molecule has 3 fully saturated rings. The number of rotatable bonds is 14. The van der Waals surface area contributed by atoms with Crippen LogP contribution < -0.4 is 0 Å². The molecule has 0 atom stereocenters. The van der Waals surface area contributed by atoms with Crippen molar-refractivity contribution in [3.05, 3.63) is 0 Å². The molecule has 0 saturated carbocycles. The third kappa shape index (κ3) is 12.0. The number of hydrazone groups is 2. The fraction of sp³-hybridized carbons (Fsp3) is 0.941. The van der Waals surface area contributed by atoms with E-state index in [2.05, 4.69) is 85.0 Å². The minimum absolute atomic E-state index is 0.713. The first-order valence-electron chi connectivity index (χ1n) is 17.8. The number of guanidine groups is 2. The average molecular weight is 589 g/mol. The van der Waals surface area contributed by atoms with E-state index in [0.29, 0.717) is 23.7 Å². The van der Waals surface area contributed by atoms with Gasteiger partial charge >= 0.3 is 0 Å². The van der Waals surface area contributed by atoms with Crippen LogP contribution in [0.1, 0.15) is 107 Å². The van der Waals surface area contributed by atoms with Crippen molar-refractivity contribution >= 4 is 11.9 Å². The average Bonchev–Trinajstić information content (AvgIpc) is 3.25. The van der Waals surface area contributed by atoms with Crippen LogP contribution in [0.25, 0.3) is 0 Å². The van der Waals surface area contributed by atoms with E-state index in [9.17, 15) is 0 Å². The normalized spacial score (nSPS) is 19.5. The fourth-order valence-corrected chi connectivity index (χ4v) is 5.91. The summed E-state index contributed by atoms with van der Waals surface area (Å²) in [6.45, 7) is 31.5. The lowest BCUT2D eigenvalue weighted by molar-refractivity contribution is 0.130. The molecule has 0 bridgehead atoms. The van der Waals surface area contributed by atoms with Crippen molar-refractivity contribution < 1.29 is 0 Å². The maximum atomic E-state index is 5.40. The Labute approximate surface area is 260 Å². The largest absolute Gasteiger partial charge is 0.341 e. The quantitative estimate of drug-likeness (QED) is 0.243. The molecule has 244 valence electrons. The van der Waals surface area contributed by atoms with E-state index in [1.165, 1.54) is 63.3 Å². The highest BCUT2D eigenvalue weighted by molar-refractivity contribution is 5.80. The van der Waals surface area contributed by atoms with Gasteiger partial charge < -0.3 is 19.6 Å². The van der Waals surface area contributed by atoms with E-state index in [0.717, 1.165) is 78.5 Å². The Morgan fingerprint density at radius 1 is 0.405 bits per heavy atom. The summed E-state index contributed by atoms with van der Waals surface area (Å²) in [4.78, 5) is 10.4. The third-order valence-corrected chi connectivity index (χ3v) is 8.94. The molecule has 3 saturated heterocycles. The molecule has 3 aliphatic heterocycles. The van der Waals surface area contributed by atoms with E-state index in [4.69, 9.17) is 10.2 Å². The van der Waals surface area contributed by atoms with Crippen molar-refractivity contribution in [2.24, 2.45) is 33.9 Å². The molecule has 3 aliphatic rings. The van der Waals surface area contributed by atoms with Crippen molar-refractivity contribution in [3.8, 4) is 0 Å². The summed E-state index contributed by atoms with van der Waals surface area (Å²) in [5.74, 6) is 5.32. The minimum atomic E-state index is 0.713. The van der Waals surface area contributed by atoms with E-state index < -0.39 is 0 Å². The zero-order valence-electron chi connectivity index (χ0n) is 29.0. The fourth-order valence-electron chi connectivity index (χ4n) is 5.91. The van der Waals surface area contributed by atoms with Gasteiger partial charge in [-0.25, -0.2) is 0 Å². The highest BCUT2D eigenvalue weighted by Crippen LogP contribution is 2.18. The number of piperazine rings is 1. The Hall–Kier alpha value is -1.86. The van der Waals surface area contributed by atoms with Crippen molar-refractivity contribution in [2.75, 3.05) is 78.5 Å². The van der Waals surface area contributed by atoms with Gasteiger partial charge in [0, 0.05) is 52.4 Å². The van der Waals surface area contributed by atoms with Crippen molar-refractivity contribution in [1.29, 1.82) is 0 Å².